The van der Waals surface area contributed by atoms with Crippen molar-refractivity contribution < 1.29 is 0 Å². The summed E-state index contributed by atoms with van der Waals surface area (Å²) in [6.07, 6.45) is 5.75. The molecule has 0 radical (unpaired) electrons. The molecule has 0 saturated heterocycles. The van der Waals surface area contributed by atoms with Gasteiger partial charge in [-0.2, -0.15) is 0 Å². The summed E-state index contributed by atoms with van der Waals surface area (Å²) in [5.41, 5.74) is -0.0716. The van der Waals surface area contributed by atoms with Gasteiger partial charge in [-0.1, -0.05) is 6.92 Å². The van der Waals surface area contributed by atoms with Crippen LogP contribution in [0.1, 0.15) is 13.3 Å². The van der Waals surface area contributed by atoms with Gasteiger partial charge in [-0.25, -0.2) is 0 Å². The van der Waals surface area contributed by atoms with Crippen LogP contribution in [-0.2, 0) is 0 Å². The lowest BCUT2D eigenvalue weighted by Crippen LogP contribution is -2.19. The van der Waals surface area contributed by atoms with Gasteiger partial charge < -0.3 is 0 Å². The van der Waals surface area contributed by atoms with Crippen molar-refractivity contribution in [3.63, 3.8) is 0 Å². The lowest BCUT2D eigenvalue weighted by atomic mass is 9.92. The number of halogens is 2. The van der Waals surface area contributed by atoms with E-state index in [9.17, 15) is 0 Å². The molecule has 0 aliphatic carbocycles. The van der Waals surface area contributed by atoms with Crippen LogP contribution >= 0.6 is 23.2 Å². The highest BCUT2D eigenvalue weighted by Crippen LogP contribution is 2.23. The number of hydrogen-bond acceptors (Lipinski definition) is 0. The van der Waals surface area contributed by atoms with Gasteiger partial charge >= 0.3 is 0 Å². The third-order valence-electron chi connectivity index (χ3n) is 1.17. The molecule has 0 rings (SSSR count). The van der Waals surface area contributed by atoms with E-state index in [0.717, 1.165) is 0 Å². The van der Waals surface area contributed by atoms with Crippen molar-refractivity contribution in [2.75, 3.05) is 11.8 Å². The van der Waals surface area contributed by atoms with Crippen molar-refractivity contribution in [2.24, 2.45) is 5.41 Å². The molecule has 0 unspecified atom stereocenters. The zero-order valence-corrected chi connectivity index (χ0v) is 6.97. The van der Waals surface area contributed by atoms with Crippen LogP contribution in [-0.4, -0.2) is 11.8 Å². The molecule has 0 aliphatic heterocycles. The Labute approximate surface area is 66.5 Å². The molecule has 0 saturated carbocycles. The van der Waals surface area contributed by atoms with E-state index in [1.807, 2.05) is 6.92 Å². The van der Waals surface area contributed by atoms with E-state index in [1.165, 1.54) is 0 Å². The van der Waals surface area contributed by atoms with Crippen LogP contribution in [0, 0.1) is 17.8 Å². The minimum absolute atomic E-state index is 0.0716. The minimum atomic E-state index is -0.0716. The van der Waals surface area contributed by atoms with Gasteiger partial charge in [0.2, 0.25) is 0 Å². The largest absolute Gasteiger partial charge is 0.126 e. The topological polar surface area (TPSA) is 0 Å². The molecule has 0 heterocycles. The monoisotopic (exact) mass is 164 g/mol. The molecule has 0 aliphatic rings. The fourth-order valence-electron chi connectivity index (χ4n) is 0.377. The smallest absolute Gasteiger partial charge is 0.0297 e. The number of terminal acetylenes is 1. The zero-order chi connectivity index (χ0) is 7.33. The highest BCUT2D eigenvalue weighted by atomic mass is 35.5. The van der Waals surface area contributed by atoms with E-state index in [2.05, 4.69) is 5.92 Å². The van der Waals surface area contributed by atoms with Gasteiger partial charge in [0.1, 0.15) is 0 Å². The Bertz CT molecular complexity index is 109. The maximum Gasteiger partial charge on any atom is 0.0297 e. The molecule has 0 aromatic rings. The SMILES string of the molecule is C#CCC(C)(CCl)CCl. The summed E-state index contributed by atoms with van der Waals surface area (Å²) in [6, 6.07) is 0. The molecule has 0 aromatic carbocycles. The van der Waals surface area contributed by atoms with E-state index in [1.54, 1.807) is 0 Å². The molecule has 0 nitrogen and oxygen atoms in total. The molecular formula is C7H10Cl2. The third-order valence-corrected chi connectivity index (χ3v) is 2.46. The Balaban J connectivity index is 3.80. The van der Waals surface area contributed by atoms with Crippen LogP contribution in [0.4, 0.5) is 0 Å². The first-order valence-electron chi connectivity index (χ1n) is 2.74. The van der Waals surface area contributed by atoms with Gasteiger partial charge in [-0.15, -0.1) is 35.5 Å². The van der Waals surface area contributed by atoms with Crippen molar-refractivity contribution in [1.82, 2.24) is 0 Å². The van der Waals surface area contributed by atoms with Crippen LogP contribution < -0.4 is 0 Å². The fraction of sp³-hybridized carbons (Fsp3) is 0.714. The number of hydrogen-bond donors (Lipinski definition) is 0. The molecule has 0 N–H and O–H groups in total. The predicted molar refractivity (Wildman–Crippen MR) is 43.0 cm³/mol. The molecule has 0 bridgehead atoms. The van der Waals surface area contributed by atoms with Crippen molar-refractivity contribution in [3.8, 4) is 12.3 Å². The highest BCUT2D eigenvalue weighted by Gasteiger charge is 2.19. The predicted octanol–water partition coefficient (Wildman–Crippen LogP) is 2.49. The molecule has 0 amide bonds. The van der Waals surface area contributed by atoms with E-state index < -0.39 is 0 Å². The van der Waals surface area contributed by atoms with Gasteiger partial charge in [0, 0.05) is 23.6 Å². The quantitative estimate of drug-likeness (QED) is 0.445. The van der Waals surface area contributed by atoms with E-state index >= 15 is 0 Å². The lowest BCUT2D eigenvalue weighted by molar-refractivity contribution is 0.442. The van der Waals surface area contributed by atoms with Crippen molar-refractivity contribution in [3.05, 3.63) is 0 Å². The summed E-state index contributed by atoms with van der Waals surface area (Å²) in [5, 5.41) is 0. The molecular weight excluding hydrogens is 155 g/mol. The average Bonchev–Trinajstić information content (AvgIpc) is 1.89. The zero-order valence-electron chi connectivity index (χ0n) is 5.45. The molecule has 0 spiro atoms. The first-order valence-corrected chi connectivity index (χ1v) is 3.81. The maximum absolute atomic E-state index is 5.61. The second-order valence-corrected chi connectivity index (χ2v) is 2.99. The molecule has 0 fully saturated rings. The first kappa shape index (κ1) is 9.14. The molecule has 0 atom stereocenters. The summed E-state index contributed by atoms with van der Waals surface area (Å²) < 4.78 is 0. The van der Waals surface area contributed by atoms with Crippen LogP contribution in [0.25, 0.3) is 0 Å². The van der Waals surface area contributed by atoms with E-state index in [0.29, 0.717) is 18.2 Å². The Morgan fingerprint density at radius 2 is 1.89 bits per heavy atom. The molecule has 0 aromatic heterocycles. The highest BCUT2D eigenvalue weighted by molar-refractivity contribution is 6.21. The Hall–Kier alpha value is 0.140. The van der Waals surface area contributed by atoms with Gasteiger partial charge in [0.25, 0.3) is 0 Å². The Morgan fingerprint density at radius 3 is 2.00 bits per heavy atom. The summed E-state index contributed by atoms with van der Waals surface area (Å²) in [6.45, 7) is 1.98. The van der Waals surface area contributed by atoms with Crippen LogP contribution in [0.2, 0.25) is 0 Å². The Morgan fingerprint density at radius 1 is 1.44 bits per heavy atom. The maximum atomic E-state index is 5.61. The van der Waals surface area contributed by atoms with E-state index in [-0.39, 0.29) is 5.41 Å². The van der Waals surface area contributed by atoms with Gasteiger partial charge in [0.05, 0.1) is 0 Å². The second-order valence-electron chi connectivity index (χ2n) is 2.46. The third kappa shape index (κ3) is 2.98. The summed E-state index contributed by atoms with van der Waals surface area (Å²) in [5.74, 6) is 3.60. The average molecular weight is 165 g/mol. The van der Waals surface area contributed by atoms with Crippen molar-refractivity contribution >= 4 is 23.2 Å². The normalized spacial score (nSPS) is 10.9. The second kappa shape index (κ2) is 4.04. The van der Waals surface area contributed by atoms with Gasteiger partial charge in [0.15, 0.2) is 0 Å². The van der Waals surface area contributed by atoms with Crippen molar-refractivity contribution in [2.45, 2.75) is 13.3 Å². The van der Waals surface area contributed by atoms with Crippen molar-refractivity contribution in [1.29, 1.82) is 0 Å². The number of rotatable bonds is 3. The molecule has 9 heavy (non-hydrogen) atoms. The van der Waals surface area contributed by atoms with E-state index in [4.69, 9.17) is 29.6 Å². The minimum Gasteiger partial charge on any atom is -0.126 e. The lowest BCUT2D eigenvalue weighted by Gasteiger charge is -2.20. The standard InChI is InChI=1S/C7H10Cl2/c1-3-4-7(2,5-8)6-9/h1H,4-6H2,2H3. The summed E-state index contributed by atoms with van der Waals surface area (Å²) >= 11 is 11.2. The molecule has 52 valence electrons. The Kier molecular flexibility index (Phi) is 4.10. The van der Waals surface area contributed by atoms with Gasteiger partial charge in [-0.05, 0) is 0 Å². The summed E-state index contributed by atoms with van der Waals surface area (Å²) in [7, 11) is 0. The first-order chi connectivity index (χ1) is 4.18. The molecule has 2 heteroatoms. The fourth-order valence-corrected chi connectivity index (χ4v) is 0.851. The summed E-state index contributed by atoms with van der Waals surface area (Å²) in [4.78, 5) is 0. The van der Waals surface area contributed by atoms with Gasteiger partial charge in [-0.3, -0.25) is 0 Å². The van der Waals surface area contributed by atoms with Crippen LogP contribution in [0.15, 0.2) is 0 Å². The van der Waals surface area contributed by atoms with Crippen LogP contribution in [0.3, 0.4) is 0 Å². The number of alkyl halides is 2. The van der Waals surface area contributed by atoms with Crippen LogP contribution in [0.5, 0.6) is 0 Å².